The van der Waals surface area contributed by atoms with Crippen molar-refractivity contribution in [3.05, 3.63) is 35.8 Å². The zero-order chi connectivity index (χ0) is 13.4. The maximum Gasteiger partial charge on any atom is 0.251 e. The SMILES string of the molecule is CC(=O)NCC(=O)NC([C]=O)=Cc1ccccn1. The third-order valence-electron chi connectivity index (χ3n) is 1.86. The van der Waals surface area contributed by atoms with E-state index in [1.54, 1.807) is 30.7 Å². The topological polar surface area (TPSA) is 88.2 Å². The number of nitrogens with zero attached hydrogens (tertiary/aromatic N) is 1. The molecule has 6 nitrogen and oxygen atoms in total. The molecule has 0 aliphatic rings. The van der Waals surface area contributed by atoms with Crippen molar-refractivity contribution in [3.8, 4) is 0 Å². The summed E-state index contributed by atoms with van der Waals surface area (Å²) >= 11 is 0. The molecule has 0 saturated carbocycles. The van der Waals surface area contributed by atoms with Gasteiger partial charge in [-0.25, -0.2) is 0 Å². The maximum atomic E-state index is 11.3. The molecule has 0 bridgehead atoms. The lowest BCUT2D eigenvalue weighted by Crippen LogP contribution is -2.35. The smallest absolute Gasteiger partial charge is 0.251 e. The van der Waals surface area contributed by atoms with Gasteiger partial charge in [-0.2, -0.15) is 0 Å². The van der Waals surface area contributed by atoms with Gasteiger partial charge in [-0.1, -0.05) is 6.07 Å². The molecule has 0 aliphatic carbocycles. The van der Waals surface area contributed by atoms with Crippen LogP contribution in [-0.4, -0.2) is 29.6 Å². The highest BCUT2D eigenvalue weighted by Gasteiger charge is 2.05. The zero-order valence-corrected chi connectivity index (χ0v) is 9.77. The van der Waals surface area contributed by atoms with Gasteiger partial charge in [0.25, 0.3) is 6.29 Å². The number of allylic oxidation sites excluding steroid dienone is 1. The summed E-state index contributed by atoms with van der Waals surface area (Å²) in [6, 6.07) is 5.16. The van der Waals surface area contributed by atoms with Crippen molar-refractivity contribution in [1.82, 2.24) is 15.6 Å². The van der Waals surface area contributed by atoms with E-state index in [-0.39, 0.29) is 18.1 Å². The second kappa shape index (κ2) is 6.95. The molecular formula is C12H12N3O3. The van der Waals surface area contributed by atoms with Crippen LogP contribution in [0, 0.1) is 0 Å². The number of nitrogens with one attached hydrogen (secondary N) is 2. The number of hydrogen-bond acceptors (Lipinski definition) is 4. The lowest BCUT2D eigenvalue weighted by molar-refractivity contribution is -0.124. The summed E-state index contributed by atoms with van der Waals surface area (Å²) in [5.41, 5.74) is 0.486. The van der Waals surface area contributed by atoms with Crippen molar-refractivity contribution in [3.63, 3.8) is 0 Å². The number of hydrogen-bond donors (Lipinski definition) is 2. The highest BCUT2D eigenvalue weighted by atomic mass is 16.2. The van der Waals surface area contributed by atoms with E-state index in [4.69, 9.17) is 0 Å². The third-order valence-corrected chi connectivity index (χ3v) is 1.86. The van der Waals surface area contributed by atoms with Crippen molar-refractivity contribution < 1.29 is 14.4 Å². The van der Waals surface area contributed by atoms with E-state index in [2.05, 4.69) is 15.6 Å². The molecule has 2 N–H and O–H groups in total. The number of amides is 2. The van der Waals surface area contributed by atoms with E-state index >= 15 is 0 Å². The summed E-state index contributed by atoms with van der Waals surface area (Å²) in [7, 11) is 0. The Balaban J connectivity index is 2.62. The standard InChI is InChI=1S/C12H12N3O3/c1-9(17)14-7-12(18)15-11(8-16)6-10-4-2-3-5-13-10/h2-6H,7H2,1H3,(H,14,17)(H,15,18). The van der Waals surface area contributed by atoms with Gasteiger partial charge >= 0.3 is 0 Å². The number of aromatic nitrogens is 1. The molecule has 6 heteroatoms. The van der Waals surface area contributed by atoms with Crippen LogP contribution in [0.4, 0.5) is 0 Å². The first kappa shape index (κ1) is 13.6. The van der Waals surface area contributed by atoms with Crippen molar-refractivity contribution in [2.24, 2.45) is 0 Å². The van der Waals surface area contributed by atoms with Gasteiger partial charge in [0.2, 0.25) is 11.8 Å². The van der Waals surface area contributed by atoms with Crippen molar-refractivity contribution in [1.29, 1.82) is 0 Å². The van der Waals surface area contributed by atoms with Gasteiger partial charge in [-0.05, 0) is 18.2 Å². The molecule has 0 fully saturated rings. The van der Waals surface area contributed by atoms with Crippen molar-refractivity contribution >= 4 is 24.2 Å². The van der Waals surface area contributed by atoms with Gasteiger partial charge in [0, 0.05) is 13.1 Å². The van der Waals surface area contributed by atoms with Crippen LogP contribution >= 0.6 is 0 Å². The minimum absolute atomic E-state index is 0.0379. The summed E-state index contributed by atoms with van der Waals surface area (Å²) in [6.07, 6.45) is 4.55. The fraction of sp³-hybridized carbons (Fsp3) is 0.167. The van der Waals surface area contributed by atoms with Gasteiger partial charge in [-0.3, -0.25) is 19.4 Å². The van der Waals surface area contributed by atoms with Gasteiger partial charge in [-0.15, -0.1) is 0 Å². The first-order valence-corrected chi connectivity index (χ1v) is 5.17. The Morgan fingerprint density at radius 1 is 1.44 bits per heavy atom. The fourth-order valence-electron chi connectivity index (χ4n) is 1.10. The van der Waals surface area contributed by atoms with Gasteiger partial charge < -0.3 is 10.6 Å². The molecule has 1 heterocycles. The van der Waals surface area contributed by atoms with Crippen LogP contribution in [0.5, 0.6) is 0 Å². The third kappa shape index (κ3) is 5.02. The lowest BCUT2D eigenvalue weighted by Gasteiger charge is -2.04. The molecule has 0 aromatic carbocycles. The lowest BCUT2D eigenvalue weighted by atomic mass is 10.3. The Kier molecular flexibility index (Phi) is 5.24. The summed E-state index contributed by atoms with van der Waals surface area (Å²) in [4.78, 5) is 36.6. The van der Waals surface area contributed by atoms with Crippen LogP contribution in [0.1, 0.15) is 12.6 Å². The van der Waals surface area contributed by atoms with Crippen LogP contribution in [0.25, 0.3) is 6.08 Å². The monoisotopic (exact) mass is 246 g/mol. The molecular weight excluding hydrogens is 234 g/mol. The molecule has 0 spiro atoms. The zero-order valence-electron chi connectivity index (χ0n) is 9.77. The predicted octanol–water partition coefficient (Wildman–Crippen LogP) is -0.215. The molecule has 93 valence electrons. The van der Waals surface area contributed by atoms with Crippen LogP contribution in [0.2, 0.25) is 0 Å². The molecule has 2 amide bonds. The summed E-state index contributed by atoms with van der Waals surface area (Å²) in [6.45, 7) is 1.10. The Morgan fingerprint density at radius 2 is 2.22 bits per heavy atom. The molecule has 0 aliphatic heterocycles. The first-order valence-electron chi connectivity index (χ1n) is 5.17. The van der Waals surface area contributed by atoms with Crippen molar-refractivity contribution in [2.75, 3.05) is 6.54 Å². The van der Waals surface area contributed by atoms with E-state index in [0.29, 0.717) is 5.69 Å². The normalized spacial score (nSPS) is 10.6. The van der Waals surface area contributed by atoms with E-state index in [9.17, 15) is 14.4 Å². The Morgan fingerprint density at radius 3 is 2.78 bits per heavy atom. The first-order chi connectivity index (χ1) is 8.61. The molecule has 0 atom stereocenters. The predicted molar refractivity (Wildman–Crippen MR) is 64.7 cm³/mol. The second-order valence-corrected chi connectivity index (χ2v) is 3.37. The van der Waals surface area contributed by atoms with Crippen LogP contribution in [0.15, 0.2) is 30.1 Å². The summed E-state index contributed by atoms with van der Waals surface area (Å²) in [5, 5.41) is 4.63. The Hall–Kier alpha value is -2.50. The molecule has 1 rings (SSSR count). The Labute approximate surface area is 104 Å². The van der Waals surface area contributed by atoms with E-state index in [1.165, 1.54) is 13.0 Å². The fourth-order valence-corrected chi connectivity index (χ4v) is 1.10. The van der Waals surface area contributed by atoms with E-state index in [0.717, 1.165) is 0 Å². The summed E-state index contributed by atoms with van der Waals surface area (Å²) < 4.78 is 0. The Bertz CT molecular complexity index is 469. The highest BCUT2D eigenvalue weighted by molar-refractivity contribution is 5.92. The average molecular weight is 246 g/mol. The molecule has 18 heavy (non-hydrogen) atoms. The van der Waals surface area contributed by atoms with Gasteiger partial charge in [0.15, 0.2) is 0 Å². The largest absolute Gasteiger partial charge is 0.347 e. The van der Waals surface area contributed by atoms with E-state index < -0.39 is 5.91 Å². The quantitative estimate of drug-likeness (QED) is 0.703. The van der Waals surface area contributed by atoms with Crippen LogP contribution in [-0.2, 0) is 14.4 Å². The number of rotatable bonds is 5. The molecule has 0 saturated heterocycles. The highest BCUT2D eigenvalue weighted by Crippen LogP contribution is 1.99. The molecule has 1 aromatic heterocycles. The number of carbonyl (C=O) groups excluding carboxylic acids is 3. The molecule has 0 unspecified atom stereocenters. The summed E-state index contributed by atoms with van der Waals surface area (Å²) in [5.74, 6) is -0.828. The second-order valence-electron chi connectivity index (χ2n) is 3.37. The van der Waals surface area contributed by atoms with Gasteiger partial charge in [0.05, 0.1) is 17.9 Å². The number of carbonyl (C=O) groups is 2. The van der Waals surface area contributed by atoms with Gasteiger partial charge in [0.1, 0.15) is 0 Å². The maximum absolute atomic E-state index is 11.3. The molecule has 1 radical (unpaired) electrons. The minimum Gasteiger partial charge on any atom is -0.347 e. The van der Waals surface area contributed by atoms with Crippen molar-refractivity contribution in [2.45, 2.75) is 6.92 Å². The van der Waals surface area contributed by atoms with Crippen LogP contribution < -0.4 is 10.6 Å². The minimum atomic E-state index is -0.504. The number of pyridine rings is 1. The average Bonchev–Trinajstić information content (AvgIpc) is 2.37. The van der Waals surface area contributed by atoms with E-state index in [1.807, 2.05) is 0 Å². The molecule has 1 aromatic rings. The van der Waals surface area contributed by atoms with Crippen LogP contribution in [0.3, 0.4) is 0 Å².